The standard InChI is InChI=1S/C31H38/c1-5-20-31(21-6-2,22-19-27-12-10-11-25(3)23-27)24-26(4)28-15-17-30(18-16-28)29-13-8-7-9-14-29/h7-18,23H,4-6,19-22,24H2,1-3H3. The van der Waals surface area contributed by atoms with Crippen LogP contribution >= 0.6 is 0 Å². The summed E-state index contributed by atoms with van der Waals surface area (Å²) >= 11 is 0. The van der Waals surface area contributed by atoms with Gasteiger partial charge in [-0.05, 0) is 72.3 Å². The van der Waals surface area contributed by atoms with Gasteiger partial charge in [-0.2, -0.15) is 0 Å². The largest absolute Gasteiger partial charge is 0.0952 e. The van der Waals surface area contributed by atoms with E-state index in [1.54, 1.807) is 0 Å². The van der Waals surface area contributed by atoms with E-state index in [1.165, 1.54) is 65.5 Å². The second-order valence-electron chi connectivity index (χ2n) is 9.21. The molecular weight excluding hydrogens is 372 g/mol. The summed E-state index contributed by atoms with van der Waals surface area (Å²) in [5.41, 5.74) is 8.26. The quantitative estimate of drug-likeness (QED) is 0.295. The molecule has 0 N–H and O–H groups in total. The molecule has 162 valence electrons. The topological polar surface area (TPSA) is 0 Å². The predicted molar refractivity (Wildman–Crippen MR) is 137 cm³/mol. The van der Waals surface area contributed by atoms with Crippen LogP contribution in [0.3, 0.4) is 0 Å². The molecule has 3 aromatic carbocycles. The molecule has 0 aliphatic carbocycles. The van der Waals surface area contributed by atoms with E-state index in [-0.39, 0.29) is 0 Å². The number of benzene rings is 3. The van der Waals surface area contributed by atoms with Crippen molar-refractivity contribution in [2.45, 2.75) is 65.7 Å². The summed E-state index contributed by atoms with van der Waals surface area (Å²) in [6, 6.07) is 28.6. The molecule has 3 rings (SSSR count). The van der Waals surface area contributed by atoms with Crippen LogP contribution in [0.15, 0.2) is 85.4 Å². The summed E-state index contributed by atoms with van der Waals surface area (Å²) in [7, 11) is 0. The molecule has 0 saturated heterocycles. The first-order valence-corrected chi connectivity index (χ1v) is 11.9. The van der Waals surface area contributed by atoms with Gasteiger partial charge in [0.15, 0.2) is 0 Å². The predicted octanol–water partition coefficient (Wildman–Crippen LogP) is 9.28. The summed E-state index contributed by atoms with van der Waals surface area (Å²) < 4.78 is 0. The van der Waals surface area contributed by atoms with Crippen LogP contribution in [0.1, 0.15) is 69.1 Å². The molecule has 31 heavy (non-hydrogen) atoms. The molecule has 0 saturated carbocycles. The summed E-state index contributed by atoms with van der Waals surface area (Å²) in [5, 5.41) is 0. The van der Waals surface area contributed by atoms with E-state index in [2.05, 4.69) is 106 Å². The van der Waals surface area contributed by atoms with Crippen LogP contribution in [0, 0.1) is 12.3 Å². The van der Waals surface area contributed by atoms with Gasteiger partial charge >= 0.3 is 0 Å². The molecule has 0 unspecified atom stereocenters. The molecule has 0 atom stereocenters. The van der Waals surface area contributed by atoms with E-state index >= 15 is 0 Å². The molecule has 0 aliphatic rings. The Bertz CT molecular complexity index is 941. The maximum Gasteiger partial charge on any atom is -0.0184 e. The van der Waals surface area contributed by atoms with Gasteiger partial charge in [-0.1, -0.05) is 118 Å². The first kappa shape index (κ1) is 23.1. The molecular formula is C31H38. The van der Waals surface area contributed by atoms with Crippen molar-refractivity contribution >= 4 is 5.57 Å². The zero-order valence-electron chi connectivity index (χ0n) is 19.7. The third-order valence-electron chi connectivity index (χ3n) is 6.58. The Kier molecular flexibility index (Phi) is 8.29. The first-order valence-electron chi connectivity index (χ1n) is 11.9. The van der Waals surface area contributed by atoms with Gasteiger partial charge in [0, 0.05) is 0 Å². The lowest BCUT2D eigenvalue weighted by Gasteiger charge is -2.35. The SMILES string of the molecule is C=C(CC(CCC)(CCC)CCc1cccc(C)c1)c1ccc(-c2ccccc2)cc1. The summed E-state index contributed by atoms with van der Waals surface area (Å²) in [5.74, 6) is 0. The van der Waals surface area contributed by atoms with Crippen molar-refractivity contribution in [1.82, 2.24) is 0 Å². The van der Waals surface area contributed by atoms with Crippen LogP contribution in [0.2, 0.25) is 0 Å². The van der Waals surface area contributed by atoms with Gasteiger partial charge < -0.3 is 0 Å². The second kappa shape index (κ2) is 11.1. The monoisotopic (exact) mass is 410 g/mol. The van der Waals surface area contributed by atoms with Gasteiger partial charge in [0.05, 0.1) is 0 Å². The van der Waals surface area contributed by atoms with E-state index in [1.807, 2.05) is 0 Å². The van der Waals surface area contributed by atoms with E-state index in [0.717, 1.165) is 12.8 Å². The molecule has 0 amide bonds. The van der Waals surface area contributed by atoms with E-state index < -0.39 is 0 Å². The molecule has 0 spiro atoms. The van der Waals surface area contributed by atoms with Crippen molar-refractivity contribution in [3.63, 3.8) is 0 Å². The lowest BCUT2D eigenvalue weighted by atomic mass is 9.70. The second-order valence-corrected chi connectivity index (χ2v) is 9.21. The van der Waals surface area contributed by atoms with Crippen LogP contribution in [-0.2, 0) is 6.42 Å². The van der Waals surface area contributed by atoms with Crippen LogP contribution in [0.4, 0.5) is 0 Å². The number of hydrogen-bond donors (Lipinski definition) is 0. The minimum absolute atomic E-state index is 0.336. The Morgan fingerprint density at radius 1 is 0.742 bits per heavy atom. The lowest BCUT2D eigenvalue weighted by molar-refractivity contribution is 0.220. The molecule has 3 aromatic rings. The highest BCUT2D eigenvalue weighted by Gasteiger charge is 2.29. The maximum atomic E-state index is 4.55. The van der Waals surface area contributed by atoms with Crippen molar-refractivity contribution < 1.29 is 0 Å². The Morgan fingerprint density at radius 2 is 1.39 bits per heavy atom. The number of hydrogen-bond acceptors (Lipinski definition) is 0. The van der Waals surface area contributed by atoms with Crippen molar-refractivity contribution in [2.75, 3.05) is 0 Å². The number of aryl methyl sites for hydroxylation is 2. The molecule has 0 radical (unpaired) electrons. The average molecular weight is 411 g/mol. The van der Waals surface area contributed by atoms with Crippen LogP contribution in [0.25, 0.3) is 16.7 Å². The highest BCUT2D eigenvalue weighted by molar-refractivity contribution is 5.69. The Morgan fingerprint density at radius 3 is 2.00 bits per heavy atom. The molecule has 0 heteroatoms. The molecule has 0 bridgehead atoms. The average Bonchev–Trinajstić information content (AvgIpc) is 2.79. The van der Waals surface area contributed by atoms with Crippen LogP contribution in [-0.4, -0.2) is 0 Å². The molecule has 0 nitrogen and oxygen atoms in total. The van der Waals surface area contributed by atoms with Crippen molar-refractivity contribution in [3.8, 4) is 11.1 Å². The van der Waals surface area contributed by atoms with Gasteiger partial charge in [0.2, 0.25) is 0 Å². The zero-order valence-corrected chi connectivity index (χ0v) is 19.7. The minimum atomic E-state index is 0.336. The van der Waals surface area contributed by atoms with Crippen molar-refractivity contribution in [2.24, 2.45) is 5.41 Å². The lowest BCUT2D eigenvalue weighted by Crippen LogP contribution is -2.22. The van der Waals surface area contributed by atoms with Gasteiger partial charge in [-0.15, -0.1) is 0 Å². The number of rotatable bonds is 11. The van der Waals surface area contributed by atoms with Gasteiger partial charge in [-0.25, -0.2) is 0 Å². The highest BCUT2D eigenvalue weighted by atomic mass is 14.3. The summed E-state index contributed by atoms with van der Waals surface area (Å²) in [6.45, 7) is 11.4. The van der Waals surface area contributed by atoms with Gasteiger partial charge in [0.25, 0.3) is 0 Å². The maximum absolute atomic E-state index is 4.55. The minimum Gasteiger partial charge on any atom is -0.0952 e. The molecule has 0 heterocycles. The summed E-state index contributed by atoms with van der Waals surface area (Å²) in [6.07, 6.45) is 8.48. The molecule has 0 aliphatic heterocycles. The van der Waals surface area contributed by atoms with E-state index in [4.69, 9.17) is 0 Å². The van der Waals surface area contributed by atoms with Crippen molar-refractivity contribution in [1.29, 1.82) is 0 Å². The van der Waals surface area contributed by atoms with E-state index in [9.17, 15) is 0 Å². The summed E-state index contributed by atoms with van der Waals surface area (Å²) in [4.78, 5) is 0. The Hall–Kier alpha value is -2.60. The molecule has 0 aromatic heterocycles. The van der Waals surface area contributed by atoms with Crippen LogP contribution < -0.4 is 0 Å². The normalized spacial score (nSPS) is 11.5. The highest BCUT2D eigenvalue weighted by Crippen LogP contribution is 2.43. The first-order chi connectivity index (χ1) is 15.0. The number of allylic oxidation sites excluding steroid dienone is 1. The van der Waals surface area contributed by atoms with E-state index in [0.29, 0.717) is 5.41 Å². The fourth-order valence-electron chi connectivity index (χ4n) is 5.06. The smallest absolute Gasteiger partial charge is 0.0184 e. The zero-order chi connectivity index (χ0) is 22.1. The Balaban J connectivity index is 1.75. The van der Waals surface area contributed by atoms with Gasteiger partial charge in [0.1, 0.15) is 0 Å². The third kappa shape index (κ3) is 6.44. The fraction of sp³-hybridized carbons (Fsp3) is 0.355. The fourth-order valence-corrected chi connectivity index (χ4v) is 5.06. The third-order valence-corrected chi connectivity index (χ3v) is 6.58. The Labute approximate surface area is 190 Å². The van der Waals surface area contributed by atoms with Crippen LogP contribution in [0.5, 0.6) is 0 Å². The van der Waals surface area contributed by atoms with Gasteiger partial charge in [-0.3, -0.25) is 0 Å². The molecule has 0 fully saturated rings. The van der Waals surface area contributed by atoms with Crippen molar-refractivity contribution in [3.05, 3.63) is 102 Å².